The lowest BCUT2D eigenvalue weighted by atomic mass is 9.33. The highest BCUT2D eigenvalue weighted by molar-refractivity contribution is 6.02. The Kier molecular flexibility index (Phi) is 10.4. The van der Waals surface area contributed by atoms with Crippen molar-refractivity contribution in [2.45, 2.75) is 152 Å². The number of ketones is 1. The standard InChI is InChI=1S/C47H68N4O7/c1-27(2)37-31(52)24-47(39-28(3)40(54)51(50(39)23-22-48)29-12-15-35(57-11)49-26-29)21-20-45(9)30(38(37)47)13-14-33-44(8)18-17-34(58-36(53)25-42(4,5)41(55)56)43(6,7)32(44)16-19-46(33,45)10/h12,15,26-27,30,32-34H,13-14,16-25,48H2,1-11H3,(H,55,56)/t30-,32+,33-,34+,44+,45-,46-,47-/m1/s1. The maximum absolute atomic E-state index is 14.6. The average molecular weight is 801 g/mol. The number of hydrogen-bond acceptors (Lipinski definition) is 8. The molecule has 0 bridgehead atoms. The van der Waals surface area contributed by atoms with Crippen LogP contribution in [-0.4, -0.2) is 56.9 Å². The third kappa shape index (κ3) is 5.93. The van der Waals surface area contributed by atoms with Gasteiger partial charge < -0.3 is 20.3 Å². The fourth-order valence-electron chi connectivity index (χ4n) is 14.2. The van der Waals surface area contributed by atoms with Crippen LogP contribution in [0, 0.1) is 57.7 Å². The van der Waals surface area contributed by atoms with Gasteiger partial charge in [-0.05, 0) is 129 Å². The molecule has 7 rings (SSSR count). The second-order valence-electron chi connectivity index (χ2n) is 21.0. The molecule has 11 nitrogen and oxygen atoms in total. The van der Waals surface area contributed by atoms with Crippen molar-refractivity contribution in [3.63, 3.8) is 0 Å². The number of methoxy groups -OCH3 is 1. The quantitative estimate of drug-likeness (QED) is 0.228. The molecular formula is C47H68N4O7. The molecule has 11 heteroatoms. The highest BCUT2D eigenvalue weighted by Crippen LogP contribution is 2.77. The molecule has 0 aliphatic heterocycles. The average Bonchev–Trinajstić information content (AvgIpc) is 3.58. The number of carbonyl (C=O) groups excluding carboxylic acids is 2. The van der Waals surface area contributed by atoms with Crippen molar-refractivity contribution in [1.29, 1.82) is 0 Å². The minimum absolute atomic E-state index is 0.00811. The van der Waals surface area contributed by atoms with Gasteiger partial charge in [0.1, 0.15) is 6.10 Å². The number of nitrogens with two attached hydrogens (primary N) is 1. The summed E-state index contributed by atoms with van der Waals surface area (Å²) in [4.78, 5) is 58.4. The van der Waals surface area contributed by atoms with E-state index in [9.17, 15) is 24.3 Å². The number of carbonyl (C=O) groups is 3. The van der Waals surface area contributed by atoms with Crippen molar-refractivity contribution in [3.8, 4) is 11.6 Å². The summed E-state index contributed by atoms with van der Waals surface area (Å²) in [5, 5.41) is 9.67. The first kappa shape index (κ1) is 42.4. The lowest BCUT2D eigenvalue weighted by Gasteiger charge is -2.72. The highest BCUT2D eigenvalue weighted by atomic mass is 16.5. The molecule has 318 valence electrons. The highest BCUT2D eigenvalue weighted by Gasteiger charge is 2.71. The molecule has 4 fully saturated rings. The summed E-state index contributed by atoms with van der Waals surface area (Å²) >= 11 is 0. The van der Waals surface area contributed by atoms with Crippen molar-refractivity contribution >= 4 is 17.7 Å². The number of carboxylic acid groups (broad SMARTS) is 1. The van der Waals surface area contributed by atoms with E-state index >= 15 is 0 Å². The monoisotopic (exact) mass is 801 g/mol. The molecule has 5 aliphatic carbocycles. The van der Waals surface area contributed by atoms with Gasteiger partial charge >= 0.3 is 11.9 Å². The van der Waals surface area contributed by atoms with Gasteiger partial charge in [-0.3, -0.25) is 23.9 Å². The van der Waals surface area contributed by atoms with Crippen LogP contribution in [0.25, 0.3) is 5.69 Å². The summed E-state index contributed by atoms with van der Waals surface area (Å²) in [6.45, 7) is 22.3. The van der Waals surface area contributed by atoms with Crippen LogP contribution in [-0.2, 0) is 31.1 Å². The molecular weight excluding hydrogens is 733 g/mol. The number of pyridine rings is 1. The molecule has 0 spiro atoms. The molecule has 0 aromatic carbocycles. The molecule has 2 aromatic heterocycles. The molecule has 0 radical (unpaired) electrons. The van der Waals surface area contributed by atoms with Crippen molar-refractivity contribution in [1.82, 2.24) is 14.3 Å². The molecule has 0 saturated heterocycles. The van der Waals surface area contributed by atoms with Gasteiger partial charge in [-0.1, -0.05) is 48.5 Å². The Labute approximate surface area is 344 Å². The number of rotatable bonds is 10. The van der Waals surface area contributed by atoms with Crippen LogP contribution in [0.5, 0.6) is 5.88 Å². The summed E-state index contributed by atoms with van der Waals surface area (Å²) in [6, 6.07) is 3.62. The molecule has 5 aliphatic rings. The van der Waals surface area contributed by atoms with E-state index < -0.39 is 22.8 Å². The van der Waals surface area contributed by atoms with Gasteiger partial charge in [0.15, 0.2) is 5.78 Å². The lowest BCUT2D eigenvalue weighted by molar-refractivity contribution is -0.232. The minimum atomic E-state index is -1.18. The number of esters is 1. The lowest BCUT2D eigenvalue weighted by Crippen LogP contribution is -2.66. The first-order valence-electron chi connectivity index (χ1n) is 21.8. The van der Waals surface area contributed by atoms with E-state index in [4.69, 9.17) is 15.2 Å². The largest absolute Gasteiger partial charge is 0.481 e. The number of aliphatic carboxylic acids is 1. The Morgan fingerprint density at radius 2 is 1.69 bits per heavy atom. The number of ether oxygens (including phenoxy) is 2. The van der Waals surface area contributed by atoms with Crippen LogP contribution in [0.3, 0.4) is 0 Å². The zero-order valence-electron chi connectivity index (χ0n) is 36.9. The third-order valence-corrected chi connectivity index (χ3v) is 17.1. The Hall–Kier alpha value is -3.73. The molecule has 4 saturated carbocycles. The minimum Gasteiger partial charge on any atom is -0.481 e. The van der Waals surface area contributed by atoms with Crippen LogP contribution < -0.4 is 16.0 Å². The van der Waals surface area contributed by atoms with Gasteiger partial charge in [0.2, 0.25) is 5.88 Å². The van der Waals surface area contributed by atoms with Crippen LogP contribution in [0.1, 0.15) is 138 Å². The second kappa shape index (κ2) is 14.2. The smallest absolute Gasteiger partial charge is 0.309 e. The van der Waals surface area contributed by atoms with Gasteiger partial charge in [-0.25, -0.2) is 9.67 Å². The number of aromatic nitrogens is 3. The summed E-state index contributed by atoms with van der Waals surface area (Å²) in [7, 11) is 1.57. The predicted octanol–water partition coefficient (Wildman–Crippen LogP) is 7.95. The number of fused-ring (bicyclic) bond motifs is 7. The Balaban J connectivity index is 1.28. The topological polar surface area (TPSA) is 156 Å². The molecule has 8 atom stereocenters. The van der Waals surface area contributed by atoms with Crippen molar-refractivity contribution in [3.05, 3.63) is 51.1 Å². The summed E-state index contributed by atoms with van der Waals surface area (Å²) in [6.07, 6.45) is 9.13. The number of nitrogens with zero attached hydrogens (tertiary/aromatic N) is 3. The van der Waals surface area contributed by atoms with Crippen molar-refractivity contribution in [2.75, 3.05) is 13.7 Å². The van der Waals surface area contributed by atoms with E-state index in [1.54, 1.807) is 37.9 Å². The second-order valence-corrected chi connectivity index (χ2v) is 21.0. The van der Waals surface area contributed by atoms with Crippen LogP contribution >= 0.6 is 0 Å². The predicted molar refractivity (Wildman–Crippen MR) is 223 cm³/mol. The van der Waals surface area contributed by atoms with E-state index in [1.807, 2.05) is 13.0 Å². The number of hydrogen-bond donors (Lipinski definition) is 2. The van der Waals surface area contributed by atoms with E-state index in [-0.39, 0.29) is 57.4 Å². The van der Waals surface area contributed by atoms with Gasteiger partial charge in [0, 0.05) is 35.4 Å². The van der Waals surface area contributed by atoms with Crippen molar-refractivity contribution < 1.29 is 29.0 Å². The zero-order chi connectivity index (χ0) is 42.5. The summed E-state index contributed by atoms with van der Waals surface area (Å²) in [5.41, 5.74) is 8.57. The Morgan fingerprint density at radius 1 is 0.983 bits per heavy atom. The van der Waals surface area contributed by atoms with Gasteiger partial charge in [-0.15, -0.1) is 0 Å². The van der Waals surface area contributed by atoms with Crippen LogP contribution in [0.15, 0.2) is 34.3 Å². The molecule has 3 N–H and O–H groups in total. The van der Waals surface area contributed by atoms with Gasteiger partial charge in [0.25, 0.3) is 5.56 Å². The van der Waals surface area contributed by atoms with E-state index in [0.717, 1.165) is 62.6 Å². The first-order chi connectivity index (χ1) is 27.1. The van der Waals surface area contributed by atoms with E-state index in [0.29, 0.717) is 48.5 Å². The summed E-state index contributed by atoms with van der Waals surface area (Å²) in [5.74, 6) is 0.246. The van der Waals surface area contributed by atoms with Crippen molar-refractivity contribution in [2.24, 2.45) is 56.5 Å². The maximum Gasteiger partial charge on any atom is 0.309 e. The third-order valence-electron chi connectivity index (χ3n) is 17.1. The fraction of sp³-hybridized carbons (Fsp3) is 0.723. The first-order valence-corrected chi connectivity index (χ1v) is 21.8. The molecule has 58 heavy (non-hydrogen) atoms. The van der Waals surface area contributed by atoms with Crippen LogP contribution in [0.4, 0.5) is 0 Å². The molecule has 2 heterocycles. The van der Waals surface area contributed by atoms with E-state index in [2.05, 4.69) is 58.1 Å². The molecule has 2 aromatic rings. The van der Waals surface area contributed by atoms with Crippen LogP contribution in [0.2, 0.25) is 0 Å². The summed E-state index contributed by atoms with van der Waals surface area (Å²) < 4.78 is 15.3. The van der Waals surface area contributed by atoms with Gasteiger partial charge in [-0.2, -0.15) is 0 Å². The Morgan fingerprint density at radius 3 is 2.29 bits per heavy atom. The number of allylic oxidation sites excluding steroid dienone is 2. The SMILES string of the molecule is COc1ccc(-n2c(=O)c(C)c([C@@]34CC[C@]5(C)[C@H](CC[C@@H]6[C@@]7(C)CC[C@H](OC(=O)CC(C)(C)C(=O)O)C(C)(C)[C@@H]7CC[C@]65C)C3=C(C(C)C)C(=O)C4)n2CCN)cn1. The normalized spacial score (nSPS) is 34.3. The van der Waals surface area contributed by atoms with E-state index in [1.165, 1.54) is 5.57 Å². The number of Topliss-reactive ketones (excluding diaryl/α,β-unsaturated/α-hetero) is 1. The Bertz CT molecular complexity index is 2090. The van der Waals surface area contributed by atoms with Gasteiger partial charge in [0.05, 0.1) is 43.1 Å². The fourth-order valence-corrected chi connectivity index (χ4v) is 14.2. The molecule has 0 amide bonds. The number of carboxylic acids is 1. The zero-order valence-corrected chi connectivity index (χ0v) is 36.9. The maximum atomic E-state index is 14.6. The molecule has 0 unspecified atom stereocenters.